The molecule has 0 saturated heterocycles. The molecule has 1 N–H and O–H groups in total. The summed E-state index contributed by atoms with van der Waals surface area (Å²) in [4.78, 5) is 4.47. The lowest BCUT2D eigenvalue weighted by Crippen LogP contribution is -2.05. The number of hydrogen-bond donors (Lipinski definition) is 1. The van der Waals surface area contributed by atoms with Crippen LogP contribution < -0.4 is 5.32 Å². The number of aryl methyl sites for hydroxylation is 2. The molecule has 0 aliphatic carbocycles. The summed E-state index contributed by atoms with van der Waals surface area (Å²) < 4.78 is 1.82. The number of halogens is 1. The zero-order valence-electron chi connectivity index (χ0n) is 13.4. The van der Waals surface area contributed by atoms with Gasteiger partial charge in [0.1, 0.15) is 6.07 Å². The maximum absolute atomic E-state index is 9.16. The van der Waals surface area contributed by atoms with E-state index in [1.807, 2.05) is 36.7 Å². The first-order chi connectivity index (χ1) is 11.6. The summed E-state index contributed by atoms with van der Waals surface area (Å²) in [6.45, 7) is 4.53. The van der Waals surface area contributed by atoms with Gasteiger partial charge in [0.25, 0.3) is 0 Å². The van der Waals surface area contributed by atoms with Crippen LogP contribution in [0.5, 0.6) is 0 Å². The van der Waals surface area contributed by atoms with Crippen molar-refractivity contribution < 1.29 is 0 Å². The van der Waals surface area contributed by atoms with Gasteiger partial charge in [-0.2, -0.15) is 10.4 Å². The van der Waals surface area contributed by atoms with Gasteiger partial charge in [-0.3, -0.25) is 0 Å². The second kappa shape index (κ2) is 6.73. The molecule has 24 heavy (non-hydrogen) atoms. The number of rotatable bonds is 4. The van der Waals surface area contributed by atoms with E-state index in [4.69, 9.17) is 16.9 Å². The Labute approximate surface area is 145 Å². The molecule has 0 unspecified atom stereocenters. The number of anilines is 1. The Morgan fingerprint density at radius 1 is 1.21 bits per heavy atom. The van der Waals surface area contributed by atoms with Crippen molar-refractivity contribution in [1.82, 2.24) is 14.8 Å². The van der Waals surface area contributed by atoms with Gasteiger partial charge in [-0.1, -0.05) is 17.7 Å². The largest absolute Gasteiger partial charge is 0.380 e. The van der Waals surface area contributed by atoms with E-state index in [1.165, 1.54) is 0 Å². The minimum Gasteiger partial charge on any atom is -0.380 e. The molecule has 3 rings (SSSR count). The summed E-state index contributed by atoms with van der Waals surface area (Å²) in [6.07, 6.45) is 1.81. The number of nitriles is 1. The van der Waals surface area contributed by atoms with Crippen molar-refractivity contribution in [3.8, 4) is 11.9 Å². The Balaban J connectivity index is 1.73. The summed E-state index contributed by atoms with van der Waals surface area (Å²) in [5.41, 5.74) is 4.30. The van der Waals surface area contributed by atoms with Crippen LogP contribution in [0.3, 0.4) is 0 Å². The summed E-state index contributed by atoms with van der Waals surface area (Å²) in [5.74, 6) is 0.786. The number of benzene rings is 1. The first-order valence-corrected chi connectivity index (χ1v) is 7.87. The van der Waals surface area contributed by atoms with Crippen molar-refractivity contribution in [2.24, 2.45) is 0 Å². The smallest absolute Gasteiger partial charge is 0.153 e. The fourth-order valence-corrected chi connectivity index (χ4v) is 2.64. The fourth-order valence-electron chi connectivity index (χ4n) is 2.47. The van der Waals surface area contributed by atoms with Gasteiger partial charge in [-0.15, -0.1) is 0 Å². The molecule has 6 heteroatoms. The van der Waals surface area contributed by atoms with Crippen molar-refractivity contribution in [2.45, 2.75) is 20.4 Å². The van der Waals surface area contributed by atoms with Gasteiger partial charge in [-0.05, 0) is 49.7 Å². The quantitative estimate of drug-likeness (QED) is 0.780. The maximum atomic E-state index is 9.16. The second-order valence-corrected chi connectivity index (χ2v) is 5.96. The molecule has 0 radical (unpaired) electrons. The summed E-state index contributed by atoms with van der Waals surface area (Å²) in [5, 5.41) is 17.4. The molecule has 5 nitrogen and oxygen atoms in total. The van der Waals surface area contributed by atoms with E-state index in [-0.39, 0.29) is 0 Å². The number of pyridine rings is 1. The zero-order chi connectivity index (χ0) is 17.1. The predicted molar refractivity (Wildman–Crippen MR) is 94.3 cm³/mol. The van der Waals surface area contributed by atoms with E-state index in [2.05, 4.69) is 21.5 Å². The standard InChI is InChI=1S/C18H16ClN5/c1-12-7-13(2)24(23-12)18-6-3-14(11-22-18)10-21-17-5-4-16(19)8-15(17)9-20/h3-8,11,21H,10H2,1-2H3. The van der Waals surface area contributed by atoms with Gasteiger partial charge >= 0.3 is 0 Å². The fraction of sp³-hybridized carbons (Fsp3) is 0.167. The first-order valence-electron chi connectivity index (χ1n) is 7.49. The average Bonchev–Trinajstić information content (AvgIpc) is 2.92. The van der Waals surface area contributed by atoms with Crippen LogP contribution in [-0.2, 0) is 6.54 Å². The maximum Gasteiger partial charge on any atom is 0.153 e. The third-order valence-corrected chi connectivity index (χ3v) is 3.86. The van der Waals surface area contributed by atoms with Gasteiger partial charge in [0, 0.05) is 23.5 Å². The SMILES string of the molecule is Cc1cc(C)n(-c2ccc(CNc3ccc(Cl)cc3C#N)cn2)n1. The Morgan fingerprint density at radius 2 is 2.04 bits per heavy atom. The molecule has 1 aromatic carbocycles. The Kier molecular flexibility index (Phi) is 4.50. The molecule has 0 atom stereocenters. The Hall–Kier alpha value is -2.84. The molecule has 0 spiro atoms. The molecule has 0 aliphatic rings. The zero-order valence-corrected chi connectivity index (χ0v) is 14.2. The van der Waals surface area contributed by atoms with Gasteiger partial charge in [0.05, 0.1) is 16.9 Å². The van der Waals surface area contributed by atoms with Crippen LogP contribution in [0.1, 0.15) is 22.5 Å². The lowest BCUT2D eigenvalue weighted by atomic mass is 10.2. The van der Waals surface area contributed by atoms with Gasteiger partial charge in [0.2, 0.25) is 0 Å². The summed E-state index contributed by atoms with van der Waals surface area (Å²) >= 11 is 5.91. The minimum atomic E-state index is 0.523. The number of aromatic nitrogens is 3. The van der Waals surface area contributed by atoms with Crippen LogP contribution in [0.2, 0.25) is 5.02 Å². The van der Waals surface area contributed by atoms with Crippen LogP contribution >= 0.6 is 11.6 Å². The molecule has 0 bridgehead atoms. The highest BCUT2D eigenvalue weighted by atomic mass is 35.5. The Morgan fingerprint density at radius 3 is 2.67 bits per heavy atom. The van der Waals surface area contributed by atoms with E-state index in [1.54, 1.807) is 24.4 Å². The van der Waals surface area contributed by atoms with Gasteiger partial charge in [-0.25, -0.2) is 9.67 Å². The third-order valence-electron chi connectivity index (χ3n) is 3.62. The molecule has 0 fully saturated rings. The van der Waals surface area contributed by atoms with Crippen molar-refractivity contribution in [3.63, 3.8) is 0 Å². The molecule has 0 aliphatic heterocycles. The van der Waals surface area contributed by atoms with Crippen LogP contribution in [0.15, 0.2) is 42.6 Å². The lowest BCUT2D eigenvalue weighted by molar-refractivity contribution is 0.804. The van der Waals surface area contributed by atoms with Crippen molar-refractivity contribution in [1.29, 1.82) is 5.26 Å². The normalized spacial score (nSPS) is 10.4. The van der Waals surface area contributed by atoms with Crippen molar-refractivity contribution in [3.05, 3.63) is 70.1 Å². The van der Waals surface area contributed by atoms with Gasteiger partial charge < -0.3 is 5.32 Å². The van der Waals surface area contributed by atoms with Crippen LogP contribution in [0.4, 0.5) is 5.69 Å². The topological polar surface area (TPSA) is 66.5 Å². The predicted octanol–water partition coefficient (Wildman–Crippen LogP) is 4.02. The van der Waals surface area contributed by atoms with E-state index >= 15 is 0 Å². The molecule has 2 heterocycles. The molecule has 0 amide bonds. The summed E-state index contributed by atoms with van der Waals surface area (Å²) in [6, 6.07) is 13.3. The van der Waals surface area contributed by atoms with Crippen LogP contribution in [0.25, 0.3) is 5.82 Å². The monoisotopic (exact) mass is 337 g/mol. The first kappa shape index (κ1) is 16.0. The van der Waals surface area contributed by atoms with E-state index < -0.39 is 0 Å². The van der Waals surface area contributed by atoms with E-state index in [0.29, 0.717) is 17.1 Å². The van der Waals surface area contributed by atoms with Crippen LogP contribution in [-0.4, -0.2) is 14.8 Å². The highest BCUT2D eigenvalue weighted by molar-refractivity contribution is 6.30. The molecule has 120 valence electrons. The summed E-state index contributed by atoms with van der Waals surface area (Å²) in [7, 11) is 0. The van der Waals surface area contributed by atoms with Crippen molar-refractivity contribution in [2.75, 3.05) is 5.32 Å². The number of nitrogens with one attached hydrogen (secondary N) is 1. The highest BCUT2D eigenvalue weighted by Crippen LogP contribution is 2.20. The lowest BCUT2D eigenvalue weighted by Gasteiger charge is -2.09. The molecule has 0 saturated carbocycles. The minimum absolute atomic E-state index is 0.523. The van der Waals surface area contributed by atoms with Crippen LogP contribution in [0, 0.1) is 25.2 Å². The van der Waals surface area contributed by atoms with E-state index in [9.17, 15) is 0 Å². The third kappa shape index (κ3) is 3.39. The van der Waals surface area contributed by atoms with E-state index in [0.717, 1.165) is 28.5 Å². The average molecular weight is 338 g/mol. The highest BCUT2D eigenvalue weighted by Gasteiger charge is 2.06. The van der Waals surface area contributed by atoms with Crippen molar-refractivity contribution >= 4 is 17.3 Å². The second-order valence-electron chi connectivity index (χ2n) is 5.52. The molecular weight excluding hydrogens is 322 g/mol. The molecule has 2 aromatic heterocycles. The molecular formula is C18H16ClN5. The Bertz CT molecular complexity index is 906. The number of hydrogen-bond acceptors (Lipinski definition) is 4. The molecule has 3 aromatic rings. The number of nitrogens with zero attached hydrogens (tertiary/aromatic N) is 4. The van der Waals surface area contributed by atoms with Gasteiger partial charge in [0.15, 0.2) is 5.82 Å².